The zero-order valence-electron chi connectivity index (χ0n) is 10.5. The first kappa shape index (κ1) is 13.9. The van der Waals surface area contributed by atoms with Crippen LogP contribution in [0.1, 0.15) is 0 Å². The molecule has 0 amide bonds. The summed E-state index contributed by atoms with van der Waals surface area (Å²) < 4.78 is 2.44. The zero-order chi connectivity index (χ0) is 14.7. The molecular formula is C11H9BrN8S. The summed E-state index contributed by atoms with van der Waals surface area (Å²) in [6.07, 6.45) is 5.09. The Morgan fingerprint density at radius 1 is 1.24 bits per heavy atom. The van der Waals surface area contributed by atoms with Crippen LogP contribution in [-0.4, -0.2) is 29.7 Å². The summed E-state index contributed by atoms with van der Waals surface area (Å²) in [4.78, 5) is 16.9. The van der Waals surface area contributed by atoms with Crippen LogP contribution in [0.15, 0.2) is 51.4 Å². The minimum absolute atomic E-state index is 0.259. The van der Waals surface area contributed by atoms with Crippen LogP contribution in [0.5, 0.6) is 0 Å². The molecule has 3 aromatic rings. The molecule has 21 heavy (non-hydrogen) atoms. The number of anilines is 1. The highest BCUT2D eigenvalue weighted by atomic mass is 79.9. The maximum atomic E-state index is 5.39. The number of halogens is 1. The molecule has 0 bridgehead atoms. The number of hydrogen-bond donors (Lipinski definition) is 2. The van der Waals surface area contributed by atoms with Gasteiger partial charge in [0.15, 0.2) is 0 Å². The minimum Gasteiger partial charge on any atom is -0.292 e. The van der Waals surface area contributed by atoms with Crippen LogP contribution in [0.4, 0.5) is 5.95 Å². The van der Waals surface area contributed by atoms with E-state index in [-0.39, 0.29) is 5.95 Å². The van der Waals surface area contributed by atoms with Crippen molar-refractivity contribution in [1.29, 1.82) is 0 Å². The van der Waals surface area contributed by atoms with E-state index in [1.165, 1.54) is 16.4 Å². The molecule has 3 rings (SSSR count). The first-order valence-corrected chi connectivity index (χ1v) is 7.37. The average molecular weight is 365 g/mol. The van der Waals surface area contributed by atoms with E-state index in [0.29, 0.717) is 11.1 Å². The molecule has 0 saturated carbocycles. The first-order chi connectivity index (χ1) is 10.2. The van der Waals surface area contributed by atoms with Gasteiger partial charge in [0.05, 0.1) is 0 Å². The molecule has 3 aromatic heterocycles. The lowest BCUT2D eigenvalue weighted by Crippen LogP contribution is -2.14. The second-order valence-electron chi connectivity index (χ2n) is 3.75. The van der Waals surface area contributed by atoms with E-state index < -0.39 is 0 Å². The van der Waals surface area contributed by atoms with Crippen LogP contribution >= 0.6 is 27.7 Å². The van der Waals surface area contributed by atoms with Gasteiger partial charge in [-0.25, -0.2) is 15.5 Å². The van der Waals surface area contributed by atoms with Gasteiger partial charge in [-0.05, 0) is 45.9 Å². The summed E-state index contributed by atoms with van der Waals surface area (Å²) in [5.74, 6) is 6.03. The Morgan fingerprint density at radius 2 is 2.14 bits per heavy atom. The summed E-state index contributed by atoms with van der Waals surface area (Å²) in [5, 5.41) is 5.32. The molecule has 0 spiro atoms. The quantitative estimate of drug-likeness (QED) is 0.531. The topological polar surface area (TPSA) is 107 Å². The van der Waals surface area contributed by atoms with Crippen molar-refractivity contribution < 1.29 is 0 Å². The van der Waals surface area contributed by atoms with E-state index in [2.05, 4.69) is 46.4 Å². The van der Waals surface area contributed by atoms with Crippen molar-refractivity contribution in [2.75, 3.05) is 5.43 Å². The molecular weight excluding hydrogens is 356 g/mol. The normalized spacial score (nSPS) is 10.6. The summed E-state index contributed by atoms with van der Waals surface area (Å²) >= 11 is 4.65. The fourth-order valence-corrected chi connectivity index (χ4v) is 2.38. The third-order valence-electron chi connectivity index (χ3n) is 2.34. The summed E-state index contributed by atoms with van der Waals surface area (Å²) in [5.41, 5.74) is 2.42. The van der Waals surface area contributed by atoms with Crippen molar-refractivity contribution in [1.82, 2.24) is 29.7 Å². The number of nitrogens with zero attached hydrogens (tertiary/aromatic N) is 6. The number of nitrogen functional groups attached to an aromatic ring is 1. The monoisotopic (exact) mass is 364 g/mol. The highest BCUT2D eigenvalue weighted by molar-refractivity contribution is 9.10. The van der Waals surface area contributed by atoms with E-state index in [4.69, 9.17) is 5.84 Å². The van der Waals surface area contributed by atoms with Crippen LogP contribution in [0.2, 0.25) is 0 Å². The lowest BCUT2D eigenvalue weighted by molar-refractivity contribution is 0.760. The number of rotatable bonds is 4. The average Bonchev–Trinajstić information content (AvgIpc) is 3.04. The Hall–Kier alpha value is -2.04. The van der Waals surface area contributed by atoms with Crippen molar-refractivity contribution in [3.8, 4) is 5.95 Å². The van der Waals surface area contributed by atoms with Crippen LogP contribution in [-0.2, 0) is 0 Å². The lowest BCUT2D eigenvalue weighted by Gasteiger charge is -2.05. The molecule has 0 aliphatic carbocycles. The summed E-state index contributed by atoms with van der Waals surface area (Å²) in [6, 6.07) is 5.54. The number of pyridine rings is 1. The molecule has 0 radical (unpaired) electrons. The van der Waals surface area contributed by atoms with Crippen molar-refractivity contribution >= 4 is 33.6 Å². The van der Waals surface area contributed by atoms with Gasteiger partial charge >= 0.3 is 0 Å². The molecule has 0 saturated heterocycles. The molecule has 10 heteroatoms. The Morgan fingerprint density at radius 3 is 2.81 bits per heavy atom. The number of nitrogens with one attached hydrogen (secondary N) is 1. The Kier molecular flexibility index (Phi) is 4.08. The van der Waals surface area contributed by atoms with Crippen LogP contribution in [0.3, 0.4) is 0 Å². The van der Waals surface area contributed by atoms with Crippen LogP contribution in [0, 0.1) is 0 Å². The minimum atomic E-state index is 0.259. The van der Waals surface area contributed by atoms with Gasteiger partial charge in [-0.1, -0.05) is 0 Å². The van der Waals surface area contributed by atoms with Crippen LogP contribution < -0.4 is 11.3 Å². The molecule has 8 nitrogen and oxygen atoms in total. The van der Waals surface area contributed by atoms with E-state index in [0.717, 1.165) is 9.50 Å². The van der Waals surface area contributed by atoms with Gasteiger partial charge in [-0.15, -0.1) is 0 Å². The molecule has 0 aliphatic rings. The molecule has 0 atom stereocenters. The predicted octanol–water partition coefficient (Wildman–Crippen LogP) is 1.65. The van der Waals surface area contributed by atoms with Crippen molar-refractivity contribution in [3.05, 3.63) is 41.3 Å². The standard InChI is InChI=1S/C11H9BrN8S/c12-7-2-3-8(14-6-7)21-11-17-9(19-13)16-10(18-11)20-5-1-4-15-20/h1-6H,13H2,(H,16,17,18,19). The summed E-state index contributed by atoms with van der Waals surface area (Å²) in [7, 11) is 0. The third kappa shape index (κ3) is 3.35. The van der Waals surface area contributed by atoms with Crippen molar-refractivity contribution in [3.63, 3.8) is 0 Å². The van der Waals surface area contributed by atoms with Crippen molar-refractivity contribution in [2.45, 2.75) is 10.2 Å². The molecule has 0 aromatic carbocycles. The highest BCUT2D eigenvalue weighted by Gasteiger charge is 2.10. The predicted molar refractivity (Wildman–Crippen MR) is 80.8 cm³/mol. The highest BCUT2D eigenvalue weighted by Crippen LogP contribution is 2.24. The first-order valence-electron chi connectivity index (χ1n) is 5.77. The van der Waals surface area contributed by atoms with Gasteiger partial charge in [-0.3, -0.25) is 5.43 Å². The second kappa shape index (κ2) is 6.16. The molecule has 106 valence electrons. The maximum Gasteiger partial charge on any atom is 0.256 e. The number of hydrogen-bond acceptors (Lipinski definition) is 8. The third-order valence-corrected chi connectivity index (χ3v) is 3.62. The van der Waals surface area contributed by atoms with Gasteiger partial charge in [0.2, 0.25) is 11.1 Å². The van der Waals surface area contributed by atoms with Gasteiger partial charge in [-0.2, -0.15) is 20.1 Å². The smallest absolute Gasteiger partial charge is 0.256 e. The SMILES string of the molecule is NNc1nc(Sc2ccc(Br)cn2)nc(-n2cccn2)n1. The van der Waals surface area contributed by atoms with E-state index in [1.54, 1.807) is 24.7 Å². The Balaban J connectivity index is 1.94. The molecule has 3 heterocycles. The maximum absolute atomic E-state index is 5.39. The molecule has 3 N–H and O–H groups in total. The van der Waals surface area contributed by atoms with Crippen LogP contribution in [0.25, 0.3) is 5.95 Å². The fourth-order valence-electron chi connectivity index (χ4n) is 1.46. The summed E-state index contributed by atoms with van der Waals surface area (Å²) in [6.45, 7) is 0. The number of aromatic nitrogens is 6. The molecule has 0 unspecified atom stereocenters. The number of nitrogens with two attached hydrogens (primary N) is 1. The van der Waals surface area contributed by atoms with Gasteiger partial charge in [0.25, 0.3) is 5.95 Å². The van der Waals surface area contributed by atoms with E-state index in [9.17, 15) is 0 Å². The fraction of sp³-hybridized carbons (Fsp3) is 0. The van der Waals surface area contributed by atoms with Crippen molar-refractivity contribution in [2.24, 2.45) is 5.84 Å². The van der Waals surface area contributed by atoms with E-state index >= 15 is 0 Å². The second-order valence-corrected chi connectivity index (χ2v) is 5.66. The van der Waals surface area contributed by atoms with E-state index in [1.807, 2.05) is 12.1 Å². The Labute approximate surface area is 132 Å². The van der Waals surface area contributed by atoms with Gasteiger partial charge < -0.3 is 0 Å². The zero-order valence-corrected chi connectivity index (χ0v) is 12.9. The molecule has 0 fully saturated rings. The number of hydrazine groups is 1. The lowest BCUT2D eigenvalue weighted by atomic mass is 10.5. The largest absolute Gasteiger partial charge is 0.292 e. The van der Waals surface area contributed by atoms with Gasteiger partial charge in [0.1, 0.15) is 5.03 Å². The Bertz CT molecular complexity index is 730. The molecule has 0 aliphatic heterocycles. The van der Waals surface area contributed by atoms with Gasteiger partial charge in [0, 0.05) is 23.1 Å².